The van der Waals surface area contributed by atoms with Crippen molar-refractivity contribution in [2.75, 3.05) is 13.1 Å². The second kappa shape index (κ2) is 3.99. The van der Waals surface area contributed by atoms with Crippen molar-refractivity contribution in [2.45, 2.75) is 39.0 Å². The largest absolute Gasteiger partial charge is 0.371 e. The molecule has 1 heteroatoms. The fourth-order valence-electron chi connectivity index (χ4n) is 3.08. The summed E-state index contributed by atoms with van der Waals surface area (Å²) in [6.45, 7) is 4.75. The quantitative estimate of drug-likeness (QED) is 0.556. The van der Waals surface area contributed by atoms with Crippen molar-refractivity contribution in [3.05, 3.63) is 40.3 Å². The first-order valence-corrected chi connectivity index (χ1v) is 6.47. The first-order valence-electron chi connectivity index (χ1n) is 6.47. The van der Waals surface area contributed by atoms with Crippen LogP contribution < -0.4 is 0 Å². The molecule has 2 heterocycles. The monoisotopic (exact) mass is 213 g/mol. The van der Waals surface area contributed by atoms with E-state index in [4.69, 9.17) is 0 Å². The van der Waals surface area contributed by atoms with E-state index in [1.165, 1.54) is 62.0 Å². The summed E-state index contributed by atoms with van der Waals surface area (Å²) in [4.78, 5) is 2.60. The van der Waals surface area contributed by atoms with Crippen LogP contribution in [0.1, 0.15) is 39.0 Å². The molecule has 0 N–H and O–H groups in total. The minimum atomic E-state index is 1.22. The van der Waals surface area contributed by atoms with Crippen LogP contribution >= 0.6 is 0 Å². The Morgan fingerprint density at radius 2 is 2.00 bits per heavy atom. The van der Waals surface area contributed by atoms with Gasteiger partial charge in [-0.15, -0.1) is 5.73 Å². The van der Waals surface area contributed by atoms with Gasteiger partial charge in [0.1, 0.15) is 0 Å². The molecular weight excluding hydrogens is 194 g/mol. The van der Waals surface area contributed by atoms with Crippen LogP contribution in [0.25, 0.3) is 0 Å². The molecule has 0 aromatic carbocycles. The Labute approximate surface area is 97.8 Å². The molecule has 0 atom stereocenters. The average Bonchev–Trinajstić information content (AvgIpc) is 2.59. The van der Waals surface area contributed by atoms with E-state index in [0.29, 0.717) is 0 Å². The Hall–Kier alpha value is -1.20. The zero-order valence-corrected chi connectivity index (χ0v) is 10.1. The third kappa shape index (κ3) is 1.56. The van der Waals surface area contributed by atoms with Gasteiger partial charge in [0.05, 0.1) is 5.70 Å². The van der Waals surface area contributed by atoms with Crippen LogP contribution in [0.5, 0.6) is 0 Å². The Morgan fingerprint density at radius 1 is 1.12 bits per heavy atom. The molecule has 3 aliphatic rings. The summed E-state index contributed by atoms with van der Waals surface area (Å²) in [7, 11) is 0. The molecule has 1 nitrogen and oxygen atoms in total. The van der Waals surface area contributed by atoms with Gasteiger partial charge in [-0.3, -0.25) is 0 Å². The van der Waals surface area contributed by atoms with Crippen LogP contribution in [0.3, 0.4) is 0 Å². The van der Waals surface area contributed by atoms with E-state index in [-0.39, 0.29) is 0 Å². The van der Waals surface area contributed by atoms with Crippen molar-refractivity contribution in [1.82, 2.24) is 4.90 Å². The fraction of sp³-hybridized carbons (Fsp3) is 0.533. The Kier molecular flexibility index (Phi) is 2.49. The van der Waals surface area contributed by atoms with Gasteiger partial charge in [0.2, 0.25) is 0 Å². The van der Waals surface area contributed by atoms with E-state index in [0.717, 1.165) is 0 Å². The van der Waals surface area contributed by atoms with Crippen molar-refractivity contribution in [3.8, 4) is 0 Å². The van der Waals surface area contributed by atoms with Crippen molar-refractivity contribution in [1.29, 1.82) is 0 Å². The number of hydrogen-bond acceptors (Lipinski definition) is 1. The Morgan fingerprint density at radius 3 is 2.94 bits per heavy atom. The van der Waals surface area contributed by atoms with E-state index < -0.39 is 0 Å². The number of piperidine rings is 1. The van der Waals surface area contributed by atoms with Crippen molar-refractivity contribution in [2.24, 2.45) is 0 Å². The van der Waals surface area contributed by atoms with Crippen LogP contribution in [0.15, 0.2) is 40.3 Å². The van der Waals surface area contributed by atoms with Gasteiger partial charge < -0.3 is 4.90 Å². The molecule has 16 heavy (non-hydrogen) atoms. The van der Waals surface area contributed by atoms with Crippen LogP contribution in [0.4, 0.5) is 0 Å². The molecule has 0 spiro atoms. The van der Waals surface area contributed by atoms with Gasteiger partial charge in [-0.2, -0.15) is 0 Å². The maximum absolute atomic E-state index is 3.49. The molecule has 0 saturated carbocycles. The zero-order chi connectivity index (χ0) is 11.0. The fourth-order valence-corrected chi connectivity index (χ4v) is 3.08. The van der Waals surface area contributed by atoms with Crippen LogP contribution in [-0.2, 0) is 0 Å². The van der Waals surface area contributed by atoms with Gasteiger partial charge >= 0.3 is 0 Å². The molecule has 0 amide bonds. The zero-order valence-electron chi connectivity index (χ0n) is 10.1. The molecular formula is C15H19N. The number of hydrogen-bond donors (Lipinski definition) is 0. The molecule has 3 rings (SSSR count). The van der Waals surface area contributed by atoms with Crippen LogP contribution in [-0.4, -0.2) is 18.0 Å². The second-order valence-electron chi connectivity index (χ2n) is 5.01. The number of rotatable bonds is 0. The van der Waals surface area contributed by atoms with Crippen molar-refractivity contribution in [3.63, 3.8) is 0 Å². The predicted molar refractivity (Wildman–Crippen MR) is 67.0 cm³/mol. The van der Waals surface area contributed by atoms with Crippen molar-refractivity contribution < 1.29 is 0 Å². The first-order chi connectivity index (χ1) is 7.86. The van der Waals surface area contributed by atoms with Crippen LogP contribution in [0.2, 0.25) is 0 Å². The molecule has 1 fully saturated rings. The van der Waals surface area contributed by atoms with Gasteiger partial charge in [0.25, 0.3) is 0 Å². The average molecular weight is 213 g/mol. The summed E-state index contributed by atoms with van der Waals surface area (Å²) in [6.07, 6.45) is 10.8. The molecule has 0 radical (unpaired) electrons. The van der Waals surface area contributed by atoms with Crippen LogP contribution in [0, 0.1) is 0 Å². The van der Waals surface area contributed by atoms with Gasteiger partial charge in [-0.1, -0.05) is 6.08 Å². The maximum Gasteiger partial charge on any atom is 0.0512 e. The summed E-state index contributed by atoms with van der Waals surface area (Å²) in [6, 6.07) is 0. The van der Waals surface area contributed by atoms with Gasteiger partial charge in [0, 0.05) is 18.7 Å². The minimum Gasteiger partial charge on any atom is -0.371 e. The Balaban J connectivity index is 2.15. The summed E-state index contributed by atoms with van der Waals surface area (Å²) in [5.41, 5.74) is 9.52. The highest BCUT2D eigenvalue weighted by Gasteiger charge is 2.25. The molecule has 2 aliphatic heterocycles. The lowest BCUT2D eigenvalue weighted by atomic mass is 9.94. The molecule has 84 valence electrons. The van der Waals surface area contributed by atoms with Crippen molar-refractivity contribution >= 4 is 0 Å². The smallest absolute Gasteiger partial charge is 0.0512 e. The van der Waals surface area contributed by atoms with E-state index in [1.807, 2.05) is 0 Å². The normalized spacial score (nSPS) is 24.4. The molecule has 1 saturated heterocycles. The summed E-state index contributed by atoms with van der Waals surface area (Å²) in [5, 5.41) is 0. The SMILES string of the molecule is CC1=CC=C=C2CCCN3CCCCC1=C23. The predicted octanol–water partition coefficient (Wildman–Crippen LogP) is 3.56. The highest BCUT2D eigenvalue weighted by atomic mass is 15.1. The molecule has 0 aromatic rings. The maximum atomic E-state index is 3.49. The van der Waals surface area contributed by atoms with E-state index in [2.05, 4.69) is 29.7 Å². The standard InChI is InChI=1S/C15H19N/c1-12-6-4-7-13-8-5-11-16-10-3-2-9-14(12)15(13)16/h4,6H,2-3,5,8-11H2,1H3. The van der Waals surface area contributed by atoms with Gasteiger partial charge in [0.15, 0.2) is 0 Å². The van der Waals surface area contributed by atoms with E-state index >= 15 is 0 Å². The molecule has 1 aliphatic carbocycles. The summed E-state index contributed by atoms with van der Waals surface area (Å²) < 4.78 is 0. The molecule has 0 unspecified atom stereocenters. The highest BCUT2D eigenvalue weighted by Crippen LogP contribution is 2.36. The number of allylic oxidation sites excluding steroid dienone is 4. The highest BCUT2D eigenvalue weighted by molar-refractivity contribution is 5.48. The lowest BCUT2D eigenvalue weighted by molar-refractivity contribution is 0.320. The summed E-state index contributed by atoms with van der Waals surface area (Å²) >= 11 is 0. The molecule has 0 aromatic heterocycles. The lowest BCUT2D eigenvalue weighted by Gasteiger charge is -2.33. The minimum absolute atomic E-state index is 1.22. The second-order valence-corrected chi connectivity index (χ2v) is 5.01. The first kappa shape index (κ1) is 9.99. The topological polar surface area (TPSA) is 3.24 Å². The summed E-state index contributed by atoms with van der Waals surface area (Å²) in [5.74, 6) is 0. The third-order valence-corrected chi connectivity index (χ3v) is 3.91. The van der Waals surface area contributed by atoms with E-state index in [9.17, 15) is 0 Å². The lowest BCUT2D eigenvalue weighted by Crippen LogP contribution is -2.30. The molecule has 0 bridgehead atoms. The number of nitrogens with zero attached hydrogens (tertiary/aromatic N) is 1. The van der Waals surface area contributed by atoms with Gasteiger partial charge in [-0.25, -0.2) is 0 Å². The van der Waals surface area contributed by atoms with E-state index in [1.54, 1.807) is 5.57 Å². The third-order valence-electron chi connectivity index (χ3n) is 3.91. The van der Waals surface area contributed by atoms with Gasteiger partial charge in [-0.05, 0) is 56.3 Å². The Bertz CT molecular complexity index is 430.